The van der Waals surface area contributed by atoms with Crippen LogP contribution >= 0.6 is 0 Å². The van der Waals surface area contributed by atoms with E-state index in [2.05, 4.69) is 26.8 Å². The van der Waals surface area contributed by atoms with Crippen LogP contribution < -0.4 is 0 Å². The summed E-state index contributed by atoms with van der Waals surface area (Å²) < 4.78 is 0. The third kappa shape index (κ3) is 1.97. The molecule has 3 atom stereocenters. The number of Topliss-reactive ketones (excluding diaryl/α,β-unsaturated/α-hetero) is 1. The van der Waals surface area contributed by atoms with Crippen LogP contribution in [0.25, 0.3) is 0 Å². The van der Waals surface area contributed by atoms with Gasteiger partial charge in [-0.3, -0.25) is 0 Å². The summed E-state index contributed by atoms with van der Waals surface area (Å²) in [6, 6.07) is 0. The van der Waals surface area contributed by atoms with Gasteiger partial charge >= 0.3 is 0 Å². The zero-order valence-electron chi connectivity index (χ0n) is 11.0. The summed E-state index contributed by atoms with van der Waals surface area (Å²) in [5.74, 6) is 2.78. The molecule has 0 bridgehead atoms. The number of hydrogen-bond donors (Lipinski definition) is 0. The fraction of sp³-hybridized carbons (Fsp3) is 0.800. The predicted octanol–water partition coefficient (Wildman–Crippen LogP) is 3.98. The highest BCUT2D eigenvalue weighted by molar-refractivity contribution is 5.75. The molecule has 0 aromatic heterocycles. The Kier molecular flexibility index (Phi) is 2.98. The summed E-state index contributed by atoms with van der Waals surface area (Å²) in [7, 11) is 0. The zero-order valence-corrected chi connectivity index (χ0v) is 11.0. The molecule has 2 aliphatic carbocycles. The van der Waals surface area contributed by atoms with Crippen molar-refractivity contribution in [2.24, 2.45) is 23.2 Å². The molecule has 0 aliphatic heterocycles. The third-order valence-corrected chi connectivity index (χ3v) is 4.91. The lowest BCUT2D eigenvalue weighted by Gasteiger charge is -2.13. The molecule has 0 radical (unpaired) electrons. The number of carbonyl (C=O) groups excluding carboxylic acids is 1. The Hall–Kier alpha value is -0.590. The van der Waals surface area contributed by atoms with E-state index >= 15 is 0 Å². The number of carbonyl (C=O) groups is 1. The Morgan fingerprint density at radius 3 is 2.69 bits per heavy atom. The van der Waals surface area contributed by atoms with Gasteiger partial charge in [0.25, 0.3) is 0 Å². The van der Waals surface area contributed by atoms with Crippen LogP contribution in [0.3, 0.4) is 0 Å². The molecule has 1 nitrogen and oxygen atoms in total. The maximum atomic E-state index is 11.1. The van der Waals surface area contributed by atoms with Gasteiger partial charge in [0.1, 0.15) is 5.78 Å². The van der Waals surface area contributed by atoms with Crippen LogP contribution in [0.15, 0.2) is 11.6 Å². The van der Waals surface area contributed by atoms with E-state index in [0.29, 0.717) is 11.2 Å². The first-order chi connectivity index (χ1) is 7.44. The molecule has 1 saturated carbocycles. The molecule has 2 aliphatic rings. The van der Waals surface area contributed by atoms with Gasteiger partial charge in [0.15, 0.2) is 0 Å². The maximum Gasteiger partial charge on any atom is 0.129 e. The summed E-state index contributed by atoms with van der Waals surface area (Å²) in [5.41, 5.74) is 2.07. The van der Waals surface area contributed by atoms with Crippen molar-refractivity contribution in [1.82, 2.24) is 0 Å². The molecule has 0 spiro atoms. The fourth-order valence-electron chi connectivity index (χ4n) is 3.83. The van der Waals surface area contributed by atoms with Gasteiger partial charge in [0.05, 0.1) is 0 Å². The smallest absolute Gasteiger partial charge is 0.129 e. The standard InChI is InChI=1S/C15H24O/c1-10-6-5-7-12(10)14-13(15(14,3)4)9-8-11(2)16/h6,12-14H,5,7-9H2,1-4H3. The Morgan fingerprint density at radius 1 is 1.50 bits per heavy atom. The summed E-state index contributed by atoms with van der Waals surface area (Å²) in [4.78, 5) is 11.1. The number of ketones is 1. The van der Waals surface area contributed by atoms with Crippen LogP contribution in [0, 0.1) is 23.2 Å². The van der Waals surface area contributed by atoms with Gasteiger partial charge in [-0.2, -0.15) is 0 Å². The Balaban J connectivity index is 1.96. The van der Waals surface area contributed by atoms with E-state index in [1.165, 1.54) is 12.8 Å². The molecule has 1 heteroatoms. The first kappa shape index (κ1) is 11.9. The molecule has 2 rings (SSSR count). The highest BCUT2D eigenvalue weighted by Gasteiger charge is 2.60. The summed E-state index contributed by atoms with van der Waals surface area (Å²) in [6.45, 7) is 8.77. The van der Waals surface area contributed by atoms with Gasteiger partial charge in [-0.15, -0.1) is 0 Å². The molecule has 0 amide bonds. The minimum Gasteiger partial charge on any atom is -0.300 e. The van der Waals surface area contributed by atoms with Gasteiger partial charge in [-0.25, -0.2) is 0 Å². The summed E-state index contributed by atoms with van der Waals surface area (Å²) >= 11 is 0. The molecule has 0 saturated heterocycles. The lowest BCUT2D eigenvalue weighted by atomic mass is 9.92. The van der Waals surface area contributed by atoms with Gasteiger partial charge in [0.2, 0.25) is 0 Å². The number of allylic oxidation sites excluding steroid dienone is 2. The summed E-state index contributed by atoms with van der Waals surface area (Å²) in [6.07, 6.45) is 6.90. The van der Waals surface area contributed by atoms with Crippen molar-refractivity contribution < 1.29 is 4.79 Å². The van der Waals surface area contributed by atoms with Crippen LogP contribution in [-0.4, -0.2) is 5.78 Å². The molecule has 90 valence electrons. The average molecular weight is 220 g/mol. The van der Waals surface area contributed by atoms with Crippen LogP contribution in [0.4, 0.5) is 0 Å². The monoisotopic (exact) mass is 220 g/mol. The van der Waals surface area contributed by atoms with E-state index in [1.54, 1.807) is 12.5 Å². The Labute approximate surface area is 99.3 Å². The van der Waals surface area contributed by atoms with Gasteiger partial charge in [-0.1, -0.05) is 25.5 Å². The van der Waals surface area contributed by atoms with Crippen LogP contribution in [0.2, 0.25) is 0 Å². The second kappa shape index (κ2) is 4.01. The highest BCUT2D eigenvalue weighted by Crippen LogP contribution is 2.66. The third-order valence-electron chi connectivity index (χ3n) is 4.91. The van der Waals surface area contributed by atoms with Crippen molar-refractivity contribution in [1.29, 1.82) is 0 Å². The molecule has 0 aromatic rings. The van der Waals surface area contributed by atoms with E-state index in [9.17, 15) is 4.79 Å². The molecule has 1 fully saturated rings. The normalized spacial score (nSPS) is 36.0. The van der Waals surface area contributed by atoms with E-state index in [-0.39, 0.29) is 0 Å². The van der Waals surface area contributed by atoms with Crippen molar-refractivity contribution in [2.45, 2.75) is 53.4 Å². The lowest BCUT2D eigenvalue weighted by Crippen LogP contribution is -2.05. The van der Waals surface area contributed by atoms with E-state index in [1.807, 2.05) is 0 Å². The van der Waals surface area contributed by atoms with Crippen LogP contribution in [-0.2, 0) is 4.79 Å². The van der Waals surface area contributed by atoms with Gasteiger partial charge in [0, 0.05) is 6.42 Å². The average Bonchev–Trinajstić information content (AvgIpc) is 2.53. The Morgan fingerprint density at radius 2 is 2.19 bits per heavy atom. The van der Waals surface area contributed by atoms with Gasteiger partial charge in [-0.05, 0) is 56.3 Å². The lowest BCUT2D eigenvalue weighted by molar-refractivity contribution is -0.117. The molecule has 3 unspecified atom stereocenters. The first-order valence-corrected chi connectivity index (χ1v) is 6.60. The minimum atomic E-state index is 0.347. The Bertz CT molecular complexity index is 324. The second-order valence-electron chi connectivity index (χ2n) is 6.33. The fourth-order valence-corrected chi connectivity index (χ4v) is 3.83. The minimum absolute atomic E-state index is 0.347. The molecule has 0 N–H and O–H groups in total. The number of hydrogen-bond acceptors (Lipinski definition) is 1. The molecule has 0 heterocycles. The second-order valence-corrected chi connectivity index (χ2v) is 6.33. The van der Waals surface area contributed by atoms with Crippen molar-refractivity contribution in [3.8, 4) is 0 Å². The van der Waals surface area contributed by atoms with E-state index in [0.717, 1.165) is 30.6 Å². The quantitative estimate of drug-likeness (QED) is 0.655. The first-order valence-electron chi connectivity index (χ1n) is 6.60. The van der Waals surface area contributed by atoms with E-state index in [4.69, 9.17) is 0 Å². The zero-order chi connectivity index (χ0) is 11.9. The summed E-state index contributed by atoms with van der Waals surface area (Å²) in [5, 5.41) is 0. The molecular weight excluding hydrogens is 196 g/mol. The van der Waals surface area contributed by atoms with Crippen molar-refractivity contribution in [2.75, 3.05) is 0 Å². The highest BCUT2D eigenvalue weighted by atomic mass is 16.1. The van der Waals surface area contributed by atoms with Gasteiger partial charge < -0.3 is 4.79 Å². The largest absolute Gasteiger partial charge is 0.300 e. The molecular formula is C15H24O. The van der Waals surface area contributed by atoms with E-state index < -0.39 is 0 Å². The maximum absolute atomic E-state index is 11.1. The topological polar surface area (TPSA) is 17.1 Å². The molecule has 0 aromatic carbocycles. The van der Waals surface area contributed by atoms with Crippen LogP contribution in [0.1, 0.15) is 53.4 Å². The van der Waals surface area contributed by atoms with Crippen molar-refractivity contribution in [3.05, 3.63) is 11.6 Å². The SMILES string of the molecule is CC(=O)CCC1C(C2CCC=C2C)C1(C)C. The van der Waals surface area contributed by atoms with Crippen molar-refractivity contribution >= 4 is 5.78 Å². The molecule has 16 heavy (non-hydrogen) atoms. The van der Waals surface area contributed by atoms with Crippen LogP contribution in [0.5, 0.6) is 0 Å². The van der Waals surface area contributed by atoms with Crippen molar-refractivity contribution in [3.63, 3.8) is 0 Å². The number of rotatable bonds is 4. The predicted molar refractivity (Wildman–Crippen MR) is 67.2 cm³/mol.